The van der Waals surface area contributed by atoms with Crippen LogP contribution in [-0.4, -0.2) is 4.57 Å². The quantitative estimate of drug-likeness (QED) is 0.741. The molecule has 0 saturated carbocycles. The van der Waals surface area contributed by atoms with Crippen molar-refractivity contribution in [2.24, 2.45) is 0 Å². The van der Waals surface area contributed by atoms with Gasteiger partial charge in [0.15, 0.2) is 0 Å². The second-order valence-electron chi connectivity index (χ2n) is 4.67. The van der Waals surface area contributed by atoms with Gasteiger partial charge in [-0.15, -0.1) is 0 Å². The average Bonchev–Trinajstić information content (AvgIpc) is 2.84. The summed E-state index contributed by atoms with van der Waals surface area (Å²) < 4.78 is 3.10. The highest BCUT2D eigenvalue weighted by atomic mass is 79.9. The van der Waals surface area contributed by atoms with Gasteiger partial charge in [0.1, 0.15) is 0 Å². The van der Waals surface area contributed by atoms with Crippen molar-refractivity contribution in [1.29, 1.82) is 5.26 Å². The highest BCUT2D eigenvalue weighted by molar-refractivity contribution is 9.10. The Labute approximate surface area is 122 Å². The van der Waals surface area contributed by atoms with Crippen LogP contribution in [0.2, 0.25) is 0 Å². The van der Waals surface area contributed by atoms with E-state index >= 15 is 0 Å². The van der Waals surface area contributed by atoms with Gasteiger partial charge in [0.2, 0.25) is 0 Å². The number of benzene rings is 1. The summed E-state index contributed by atoms with van der Waals surface area (Å²) in [4.78, 5) is 0. The molecule has 0 spiro atoms. The standard InChI is InChI=1S/C16H15BrN2/c1-12(2)19-7-6-13(11-19)8-15(10-18)14-4-3-5-16(17)9-14/h3-9,11-12H,1-2H3/b15-8+. The Hall–Kier alpha value is -1.79. The maximum atomic E-state index is 9.31. The van der Waals surface area contributed by atoms with Gasteiger partial charge in [-0.2, -0.15) is 5.26 Å². The first-order valence-electron chi connectivity index (χ1n) is 6.15. The third-order valence-corrected chi connectivity index (χ3v) is 3.39. The molecule has 1 aromatic carbocycles. The zero-order chi connectivity index (χ0) is 13.8. The lowest BCUT2D eigenvalue weighted by atomic mass is 10.1. The minimum atomic E-state index is 0.429. The van der Waals surface area contributed by atoms with E-state index in [-0.39, 0.29) is 0 Å². The largest absolute Gasteiger partial charge is 0.351 e. The van der Waals surface area contributed by atoms with Crippen LogP contribution in [0.1, 0.15) is 31.0 Å². The van der Waals surface area contributed by atoms with Crippen LogP contribution < -0.4 is 0 Å². The number of rotatable bonds is 3. The second-order valence-corrected chi connectivity index (χ2v) is 5.58. The molecular formula is C16H15BrN2. The second kappa shape index (κ2) is 5.90. The maximum Gasteiger partial charge on any atom is 0.0998 e. The summed E-state index contributed by atoms with van der Waals surface area (Å²) in [6.45, 7) is 4.26. The van der Waals surface area contributed by atoms with Gasteiger partial charge in [0.25, 0.3) is 0 Å². The SMILES string of the molecule is CC(C)n1ccc(/C=C(\C#N)c2cccc(Br)c2)c1. The van der Waals surface area contributed by atoms with Crippen molar-refractivity contribution in [2.75, 3.05) is 0 Å². The molecule has 2 rings (SSSR count). The summed E-state index contributed by atoms with van der Waals surface area (Å²) in [6.07, 6.45) is 6.01. The summed E-state index contributed by atoms with van der Waals surface area (Å²) in [5.41, 5.74) is 2.64. The molecule has 2 aromatic rings. The van der Waals surface area contributed by atoms with Crippen molar-refractivity contribution in [3.63, 3.8) is 0 Å². The Kier molecular flexibility index (Phi) is 4.24. The third kappa shape index (κ3) is 3.36. The number of hydrogen-bond acceptors (Lipinski definition) is 1. The Bertz CT molecular complexity index is 645. The summed E-state index contributed by atoms with van der Waals surface area (Å²) in [5.74, 6) is 0. The molecule has 0 saturated heterocycles. The van der Waals surface area contributed by atoms with E-state index in [1.807, 2.05) is 42.6 Å². The number of hydrogen-bond donors (Lipinski definition) is 0. The molecule has 0 radical (unpaired) electrons. The van der Waals surface area contributed by atoms with Crippen molar-refractivity contribution in [1.82, 2.24) is 4.57 Å². The molecule has 19 heavy (non-hydrogen) atoms. The first kappa shape index (κ1) is 13.6. The highest BCUT2D eigenvalue weighted by Gasteiger charge is 2.03. The highest BCUT2D eigenvalue weighted by Crippen LogP contribution is 2.21. The number of halogens is 1. The predicted molar refractivity (Wildman–Crippen MR) is 82.4 cm³/mol. The Balaban J connectivity index is 2.36. The Morgan fingerprint density at radius 1 is 1.37 bits per heavy atom. The minimum absolute atomic E-state index is 0.429. The van der Waals surface area contributed by atoms with Crippen LogP contribution in [0, 0.1) is 11.3 Å². The van der Waals surface area contributed by atoms with Gasteiger partial charge in [-0.05, 0) is 49.2 Å². The van der Waals surface area contributed by atoms with Gasteiger partial charge in [0.05, 0.1) is 11.6 Å². The lowest BCUT2D eigenvalue weighted by Crippen LogP contribution is -1.95. The molecule has 0 aliphatic rings. The first-order chi connectivity index (χ1) is 9.10. The molecular weight excluding hydrogens is 300 g/mol. The normalized spacial score (nSPS) is 11.6. The maximum absolute atomic E-state index is 9.31. The van der Waals surface area contributed by atoms with E-state index in [9.17, 15) is 5.26 Å². The third-order valence-electron chi connectivity index (χ3n) is 2.90. The van der Waals surface area contributed by atoms with Crippen molar-refractivity contribution in [3.05, 3.63) is 58.3 Å². The van der Waals surface area contributed by atoms with Gasteiger partial charge < -0.3 is 4.57 Å². The van der Waals surface area contributed by atoms with E-state index in [1.54, 1.807) is 0 Å². The van der Waals surface area contributed by atoms with E-state index in [0.29, 0.717) is 11.6 Å². The van der Waals surface area contributed by atoms with Gasteiger partial charge in [-0.25, -0.2) is 0 Å². The molecule has 0 N–H and O–H groups in total. The molecule has 2 nitrogen and oxygen atoms in total. The van der Waals surface area contributed by atoms with E-state index in [4.69, 9.17) is 0 Å². The van der Waals surface area contributed by atoms with Crippen molar-refractivity contribution in [2.45, 2.75) is 19.9 Å². The lowest BCUT2D eigenvalue weighted by molar-refractivity contribution is 0.603. The van der Waals surface area contributed by atoms with Gasteiger partial charge in [-0.3, -0.25) is 0 Å². The molecule has 1 aromatic heterocycles. The molecule has 0 atom stereocenters. The summed E-state index contributed by atoms with van der Waals surface area (Å²) in [5, 5.41) is 9.31. The summed E-state index contributed by atoms with van der Waals surface area (Å²) in [7, 11) is 0. The van der Waals surface area contributed by atoms with E-state index in [2.05, 4.69) is 46.6 Å². The minimum Gasteiger partial charge on any atom is -0.351 e. The van der Waals surface area contributed by atoms with Crippen LogP contribution in [0.3, 0.4) is 0 Å². The Morgan fingerprint density at radius 2 is 2.16 bits per heavy atom. The van der Waals surface area contributed by atoms with Crippen LogP contribution in [0.25, 0.3) is 11.6 Å². The summed E-state index contributed by atoms with van der Waals surface area (Å²) in [6, 6.07) is 12.5. The van der Waals surface area contributed by atoms with Crippen LogP contribution in [0.4, 0.5) is 0 Å². The molecule has 96 valence electrons. The van der Waals surface area contributed by atoms with Crippen LogP contribution in [-0.2, 0) is 0 Å². The smallest absolute Gasteiger partial charge is 0.0998 e. The van der Waals surface area contributed by atoms with Crippen LogP contribution in [0.15, 0.2) is 47.2 Å². The number of nitriles is 1. The lowest BCUT2D eigenvalue weighted by Gasteiger charge is -2.05. The fourth-order valence-electron chi connectivity index (χ4n) is 1.84. The van der Waals surface area contributed by atoms with Crippen LogP contribution in [0.5, 0.6) is 0 Å². The van der Waals surface area contributed by atoms with E-state index in [0.717, 1.165) is 15.6 Å². The topological polar surface area (TPSA) is 28.7 Å². The molecule has 0 aliphatic carbocycles. The van der Waals surface area contributed by atoms with Gasteiger partial charge >= 0.3 is 0 Å². The zero-order valence-corrected chi connectivity index (χ0v) is 12.6. The zero-order valence-electron chi connectivity index (χ0n) is 11.0. The average molecular weight is 315 g/mol. The van der Waals surface area contributed by atoms with Crippen LogP contribution >= 0.6 is 15.9 Å². The molecule has 3 heteroatoms. The monoisotopic (exact) mass is 314 g/mol. The molecule has 0 fully saturated rings. The Morgan fingerprint density at radius 3 is 2.74 bits per heavy atom. The molecule has 0 bridgehead atoms. The molecule has 0 aliphatic heterocycles. The predicted octanol–water partition coefficient (Wildman–Crippen LogP) is 4.90. The van der Waals surface area contributed by atoms with Crippen molar-refractivity contribution >= 4 is 27.6 Å². The van der Waals surface area contributed by atoms with E-state index in [1.165, 1.54) is 0 Å². The van der Waals surface area contributed by atoms with Crippen molar-refractivity contribution < 1.29 is 0 Å². The fraction of sp³-hybridized carbons (Fsp3) is 0.188. The number of nitrogens with zero attached hydrogens (tertiary/aromatic N) is 2. The number of allylic oxidation sites excluding steroid dienone is 1. The molecule has 0 amide bonds. The molecule has 0 unspecified atom stereocenters. The molecule has 1 heterocycles. The first-order valence-corrected chi connectivity index (χ1v) is 6.94. The van der Waals surface area contributed by atoms with Crippen molar-refractivity contribution in [3.8, 4) is 6.07 Å². The van der Waals surface area contributed by atoms with Gasteiger partial charge in [-0.1, -0.05) is 28.1 Å². The van der Waals surface area contributed by atoms with E-state index < -0.39 is 0 Å². The van der Waals surface area contributed by atoms with Gasteiger partial charge in [0, 0.05) is 22.9 Å². The summed E-state index contributed by atoms with van der Waals surface area (Å²) >= 11 is 3.43. The number of aromatic nitrogens is 1. The fourth-order valence-corrected chi connectivity index (χ4v) is 2.24.